The Morgan fingerprint density at radius 3 is 1.91 bits per heavy atom. The van der Waals surface area contributed by atoms with Gasteiger partial charge in [0, 0.05) is 25.5 Å². The molecular formula is C40H30IrNS-. The fourth-order valence-corrected chi connectivity index (χ4v) is 6.51. The number of aromatic nitrogens is 1. The van der Waals surface area contributed by atoms with Gasteiger partial charge in [0.05, 0.1) is 5.52 Å². The summed E-state index contributed by atoms with van der Waals surface area (Å²) in [4.78, 5) is 7.12. The van der Waals surface area contributed by atoms with Crippen molar-refractivity contribution in [2.45, 2.75) is 19.3 Å². The third-order valence-electron chi connectivity index (χ3n) is 8.16. The van der Waals surface area contributed by atoms with Crippen molar-refractivity contribution in [1.82, 2.24) is 4.98 Å². The van der Waals surface area contributed by atoms with Gasteiger partial charge in [0.1, 0.15) is 0 Å². The van der Waals surface area contributed by atoms with Crippen LogP contribution in [0.1, 0.15) is 25.0 Å². The van der Waals surface area contributed by atoms with Crippen LogP contribution in [0.3, 0.4) is 0 Å². The van der Waals surface area contributed by atoms with E-state index in [4.69, 9.17) is 4.98 Å². The topological polar surface area (TPSA) is 12.9 Å². The van der Waals surface area contributed by atoms with E-state index in [0.29, 0.717) is 0 Å². The quantitative estimate of drug-likeness (QED) is 0.154. The minimum atomic E-state index is -0.0501. The second-order valence-corrected chi connectivity index (χ2v) is 12.3. The molecule has 5 aromatic carbocycles. The van der Waals surface area contributed by atoms with Gasteiger partial charge in [-0.3, -0.25) is 0 Å². The van der Waals surface area contributed by atoms with Crippen LogP contribution < -0.4 is 0 Å². The minimum Gasteiger partial charge on any atom is -0.310 e. The monoisotopic (exact) mass is 749 g/mol. The smallest absolute Gasteiger partial charge is 0.0559 e. The first kappa shape index (κ1) is 29.0. The molecule has 0 aliphatic heterocycles. The third-order valence-corrected chi connectivity index (χ3v) is 9.26. The summed E-state index contributed by atoms with van der Waals surface area (Å²) in [5.74, 6) is 0. The minimum absolute atomic E-state index is 0. The predicted molar refractivity (Wildman–Crippen MR) is 179 cm³/mol. The first-order valence-electron chi connectivity index (χ1n) is 14.3. The molecule has 0 unspecified atom stereocenters. The molecule has 0 saturated carbocycles. The van der Waals surface area contributed by atoms with Crippen molar-refractivity contribution in [3.05, 3.63) is 163 Å². The molecule has 1 nitrogen and oxygen atoms in total. The van der Waals surface area contributed by atoms with Crippen molar-refractivity contribution in [1.29, 1.82) is 0 Å². The largest absolute Gasteiger partial charge is 0.310 e. The normalized spacial score (nSPS) is 11.3. The van der Waals surface area contributed by atoms with Crippen molar-refractivity contribution in [2.24, 2.45) is 0 Å². The second kappa shape index (κ2) is 12.2. The molecule has 1 radical (unpaired) electrons. The van der Waals surface area contributed by atoms with Crippen molar-refractivity contribution < 1.29 is 20.1 Å². The zero-order valence-corrected chi connectivity index (χ0v) is 27.3. The van der Waals surface area contributed by atoms with Crippen LogP contribution in [0.4, 0.5) is 0 Å². The Labute approximate surface area is 271 Å². The Kier molecular flexibility index (Phi) is 8.23. The predicted octanol–water partition coefficient (Wildman–Crippen LogP) is 11.1. The molecular weight excluding hydrogens is 719 g/mol. The Morgan fingerprint density at radius 2 is 1.16 bits per heavy atom. The van der Waals surface area contributed by atoms with Crippen LogP contribution in [-0.4, -0.2) is 4.98 Å². The van der Waals surface area contributed by atoms with Crippen LogP contribution in [-0.2, 0) is 25.5 Å². The van der Waals surface area contributed by atoms with E-state index in [-0.39, 0.29) is 25.5 Å². The fourth-order valence-electron chi connectivity index (χ4n) is 5.59. The van der Waals surface area contributed by atoms with E-state index in [9.17, 15) is 0 Å². The molecule has 0 amide bonds. The number of pyridine rings is 1. The van der Waals surface area contributed by atoms with Crippen LogP contribution in [0.5, 0.6) is 0 Å². The maximum atomic E-state index is 4.87. The third kappa shape index (κ3) is 5.90. The molecule has 0 atom stereocenters. The molecule has 211 valence electrons. The molecule has 0 spiro atoms. The summed E-state index contributed by atoms with van der Waals surface area (Å²) >= 11 is 1.74. The van der Waals surface area contributed by atoms with Crippen molar-refractivity contribution in [2.75, 3.05) is 0 Å². The molecule has 2 aromatic heterocycles. The summed E-state index contributed by atoms with van der Waals surface area (Å²) in [5.41, 5.74) is 10.6. The summed E-state index contributed by atoms with van der Waals surface area (Å²) in [6, 6.07) is 55.4. The van der Waals surface area contributed by atoms with Crippen molar-refractivity contribution in [3.8, 4) is 43.3 Å². The maximum absolute atomic E-state index is 4.87. The van der Waals surface area contributed by atoms with E-state index in [1.54, 1.807) is 11.3 Å². The van der Waals surface area contributed by atoms with Crippen LogP contribution in [0, 0.1) is 6.07 Å². The first-order chi connectivity index (χ1) is 20.5. The Morgan fingerprint density at radius 1 is 0.558 bits per heavy atom. The molecule has 7 aromatic rings. The summed E-state index contributed by atoms with van der Waals surface area (Å²) in [5, 5.41) is 1.15. The number of benzene rings is 5. The van der Waals surface area contributed by atoms with Gasteiger partial charge >= 0.3 is 0 Å². The van der Waals surface area contributed by atoms with E-state index in [0.717, 1.165) is 21.5 Å². The average Bonchev–Trinajstić information content (AvgIpc) is 3.56. The molecule has 3 heteroatoms. The van der Waals surface area contributed by atoms with Crippen LogP contribution in [0.15, 0.2) is 146 Å². The molecule has 7 rings (SSSR count). The molecule has 0 fully saturated rings. The van der Waals surface area contributed by atoms with Gasteiger partial charge in [-0.05, 0) is 56.6 Å². The van der Waals surface area contributed by atoms with Crippen molar-refractivity contribution >= 4 is 22.2 Å². The van der Waals surface area contributed by atoms with Gasteiger partial charge in [-0.1, -0.05) is 157 Å². The van der Waals surface area contributed by atoms with Gasteiger partial charge in [0.15, 0.2) is 0 Å². The van der Waals surface area contributed by atoms with E-state index in [2.05, 4.69) is 153 Å². The average molecular weight is 749 g/mol. The molecule has 2 heterocycles. The Hall–Kier alpha value is -4.14. The van der Waals surface area contributed by atoms with Gasteiger partial charge in [-0.25, -0.2) is 11.3 Å². The van der Waals surface area contributed by atoms with E-state index in [1.165, 1.54) is 43.8 Å². The molecule has 0 saturated heterocycles. The van der Waals surface area contributed by atoms with E-state index >= 15 is 0 Å². The zero-order valence-electron chi connectivity index (χ0n) is 24.0. The number of nitrogens with zero attached hydrogens (tertiary/aromatic N) is 1. The van der Waals surface area contributed by atoms with Crippen LogP contribution >= 0.6 is 11.3 Å². The molecule has 43 heavy (non-hydrogen) atoms. The van der Waals surface area contributed by atoms with Crippen molar-refractivity contribution in [3.63, 3.8) is 0 Å². The standard InChI is InChI=1S/C40H30NS.Ir/c1-40(2,34-15-4-3-5-16-34)35-21-18-28(19-22-35)30-11-8-12-31(26-30)32-13-9-14-33(27-32)38-24-25-39(42-38)37-23-20-29-10-6-7-17-36(29)41-37;/h3-24,26-27H,1-2H3;/q-1;. The molecule has 0 aliphatic rings. The number of thiophene rings is 1. The van der Waals surface area contributed by atoms with E-state index < -0.39 is 0 Å². The summed E-state index contributed by atoms with van der Waals surface area (Å²) < 4.78 is 0. The van der Waals surface area contributed by atoms with Gasteiger partial charge in [0.25, 0.3) is 0 Å². The first-order valence-corrected chi connectivity index (χ1v) is 15.1. The SMILES string of the molecule is CC(C)(c1ccccc1)c1ccc(-c2cccc(-c3cccc(-c4c[c-]c(-c5ccc6ccccc6n5)s4)c3)c2)cc1.[Ir]. The zero-order chi connectivity index (χ0) is 28.5. The summed E-state index contributed by atoms with van der Waals surface area (Å²) in [7, 11) is 0. The second-order valence-electron chi connectivity index (χ2n) is 11.2. The summed E-state index contributed by atoms with van der Waals surface area (Å²) in [6.45, 7) is 4.58. The van der Waals surface area contributed by atoms with Gasteiger partial charge in [0.2, 0.25) is 0 Å². The molecule has 0 aliphatic carbocycles. The van der Waals surface area contributed by atoms with Gasteiger partial charge in [-0.15, -0.1) is 0 Å². The maximum Gasteiger partial charge on any atom is 0.0559 e. The van der Waals surface area contributed by atoms with Gasteiger partial charge < -0.3 is 4.98 Å². The van der Waals surface area contributed by atoms with Crippen LogP contribution in [0.25, 0.3) is 54.2 Å². The number of rotatable bonds is 6. The molecule has 0 N–H and O–H groups in total. The van der Waals surface area contributed by atoms with Gasteiger partial charge in [-0.2, -0.15) is 12.1 Å². The Balaban J connectivity index is 0.00000329. The van der Waals surface area contributed by atoms with Crippen LogP contribution in [0.2, 0.25) is 0 Å². The Bertz CT molecular complexity index is 2010. The number of para-hydroxylation sites is 1. The number of hydrogen-bond acceptors (Lipinski definition) is 2. The summed E-state index contributed by atoms with van der Waals surface area (Å²) in [6.07, 6.45) is 0. The molecule has 0 bridgehead atoms. The number of fused-ring (bicyclic) bond motifs is 1. The fraction of sp³-hybridized carbons (Fsp3) is 0.0750. The van der Waals surface area contributed by atoms with E-state index in [1.807, 2.05) is 12.1 Å². The number of hydrogen-bond donors (Lipinski definition) is 0.